The van der Waals surface area contributed by atoms with Gasteiger partial charge >= 0.3 is 0 Å². The minimum absolute atomic E-state index is 0.0555. The van der Waals surface area contributed by atoms with Crippen LogP contribution in [-0.4, -0.2) is 56.2 Å². The van der Waals surface area contributed by atoms with Crippen molar-refractivity contribution in [2.75, 3.05) is 39.5 Å². The summed E-state index contributed by atoms with van der Waals surface area (Å²) in [4.78, 5) is 25.7. The fourth-order valence-electron chi connectivity index (χ4n) is 2.51. The molecule has 24 heavy (non-hydrogen) atoms. The van der Waals surface area contributed by atoms with Gasteiger partial charge in [-0.05, 0) is 32.9 Å². The number of nitrogens with one attached hydrogen (secondary N) is 1. The van der Waals surface area contributed by atoms with Crippen LogP contribution in [-0.2, 0) is 4.79 Å². The van der Waals surface area contributed by atoms with E-state index in [1.165, 1.54) is 4.90 Å². The van der Waals surface area contributed by atoms with Gasteiger partial charge in [-0.3, -0.25) is 9.59 Å². The fraction of sp³-hybridized carbons (Fsp3) is 0.529. The first kappa shape index (κ1) is 17.9. The molecule has 1 aliphatic rings. The Morgan fingerprint density at radius 1 is 1.08 bits per heavy atom. The molecule has 1 aliphatic heterocycles. The van der Waals surface area contributed by atoms with Crippen molar-refractivity contribution in [2.24, 2.45) is 0 Å². The van der Waals surface area contributed by atoms with Gasteiger partial charge in [0.25, 0.3) is 5.91 Å². The largest absolute Gasteiger partial charge is 0.490 e. The van der Waals surface area contributed by atoms with Crippen molar-refractivity contribution in [1.29, 1.82) is 0 Å². The van der Waals surface area contributed by atoms with Crippen LogP contribution in [0.25, 0.3) is 0 Å². The van der Waals surface area contributed by atoms with Crippen LogP contribution in [0.15, 0.2) is 12.1 Å². The zero-order chi connectivity index (χ0) is 17.5. The van der Waals surface area contributed by atoms with E-state index in [1.54, 1.807) is 12.1 Å². The Labute approximate surface area is 141 Å². The summed E-state index contributed by atoms with van der Waals surface area (Å²) in [5.41, 5.74) is 0.417. The summed E-state index contributed by atoms with van der Waals surface area (Å²) in [7, 11) is 0. The lowest BCUT2D eigenvalue weighted by molar-refractivity contribution is -0.123. The molecular weight excluding hydrogens is 312 g/mol. The Morgan fingerprint density at radius 3 is 2.17 bits per heavy atom. The van der Waals surface area contributed by atoms with Crippen LogP contribution in [0, 0.1) is 0 Å². The quantitative estimate of drug-likeness (QED) is 0.816. The maximum atomic E-state index is 12.7. The molecule has 1 N–H and O–H groups in total. The van der Waals surface area contributed by atoms with Crippen molar-refractivity contribution in [1.82, 2.24) is 10.2 Å². The van der Waals surface area contributed by atoms with E-state index in [0.29, 0.717) is 55.7 Å². The first-order chi connectivity index (χ1) is 11.6. The van der Waals surface area contributed by atoms with Gasteiger partial charge in [0.15, 0.2) is 11.5 Å². The molecule has 7 nitrogen and oxygen atoms in total. The van der Waals surface area contributed by atoms with E-state index in [2.05, 4.69) is 5.32 Å². The number of carbonyl (C=O) groups excluding carboxylic acids is 2. The molecule has 1 fully saturated rings. The number of piperazine rings is 1. The van der Waals surface area contributed by atoms with Gasteiger partial charge in [-0.15, -0.1) is 0 Å². The van der Waals surface area contributed by atoms with Crippen LogP contribution >= 0.6 is 0 Å². The number of ether oxygens (including phenoxy) is 3. The van der Waals surface area contributed by atoms with E-state index in [0.717, 1.165) is 0 Å². The molecular formula is C17H24N2O5. The topological polar surface area (TPSA) is 77.1 Å². The van der Waals surface area contributed by atoms with Crippen molar-refractivity contribution in [2.45, 2.75) is 20.8 Å². The molecule has 0 unspecified atom stereocenters. The third-order valence-corrected chi connectivity index (χ3v) is 3.48. The van der Waals surface area contributed by atoms with Crippen molar-refractivity contribution in [3.05, 3.63) is 17.7 Å². The van der Waals surface area contributed by atoms with Crippen LogP contribution < -0.4 is 19.5 Å². The van der Waals surface area contributed by atoms with Gasteiger partial charge in [0.2, 0.25) is 11.7 Å². The second-order valence-electron chi connectivity index (χ2n) is 5.18. The van der Waals surface area contributed by atoms with E-state index in [-0.39, 0.29) is 18.4 Å². The second kappa shape index (κ2) is 8.42. The van der Waals surface area contributed by atoms with Gasteiger partial charge in [-0.2, -0.15) is 0 Å². The summed E-state index contributed by atoms with van der Waals surface area (Å²) in [6.45, 7) is 7.92. The third-order valence-electron chi connectivity index (χ3n) is 3.48. The molecule has 132 valence electrons. The highest BCUT2D eigenvalue weighted by atomic mass is 16.5. The maximum absolute atomic E-state index is 12.7. The molecule has 0 radical (unpaired) electrons. The molecule has 0 saturated carbocycles. The van der Waals surface area contributed by atoms with Crippen LogP contribution in [0.1, 0.15) is 31.1 Å². The van der Waals surface area contributed by atoms with E-state index in [1.807, 2.05) is 20.8 Å². The number of hydrogen-bond acceptors (Lipinski definition) is 5. The monoisotopic (exact) mass is 336 g/mol. The number of benzene rings is 1. The lowest BCUT2D eigenvalue weighted by Gasteiger charge is -2.27. The van der Waals surface area contributed by atoms with Gasteiger partial charge in [-0.1, -0.05) is 0 Å². The number of amides is 2. The maximum Gasteiger partial charge on any atom is 0.254 e. The van der Waals surface area contributed by atoms with Crippen molar-refractivity contribution in [3.8, 4) is 17.2 Å². The SMILES string of the molecule is CCOc1cc(C(=O)N2CCNC(=O)C2)cc(OCC)c1OCC. The molecule has 2 amide bonds. The van der Waals surface area contributed by atoms with Crippen LogP contribution in [0.5, 0.6) is 17.2 Å². The second-order valence-corrected chi connectivity index (χ2v) is 5.18. The Morgan fingerprint density at radius 2 is 1.67 bits per heavy atom. The van der Waals surface area contributed by atoms with Crippen LogP contribution in [0.4, 0.5) is 0 Å². The van der Waals surface area contributed by atoms with Crippen LogP contribution in [0.3, 0.4) is 0 Å². The Hall–Kier alpha value is -2.44. The molecule has 1 saturated heterocycles. The third kappa shape index (κ3) is 4.10. The van der Waals surface area contributed by atoms with Gasteiger partial charge in [0.1, 0.15) is 0 Å². The lowest BCUT2D eigenvalue weighted by Crippen LogP contribution is -2.49. The molecule has 1 aromatic rings. The van der Waals surface area contributed by atoms with E-state index < -0.39 is 0 Å². The number of carbonyl (C=O) groups is 2. The number of hydrogen-bond donors (Lipinski definition) is 1. The Kier molecular flexibility index (Phi) is 6.28. The minimum atomic E-state index is -0.227. The van der Waals surface area contributed by atoms with Crippen LogP contribution in [0.2, 0.25) is 0 Å². The van der Waals surface area contributed by atoms with Crippen molar-refractivity contribution < 1.29 is 23.8 Å². The molecule has 0 spiro atoms. The average Bonchev–Trinajstić information content (AvgIpc) is 2.57. The smallest absolute Gasteiger partial charge is 0.254 e. The molecule has 1 heterocycles. The fourth-order valence-corrected chi connectivity index (χ4v) is 2.51. The number of nitrogens with zero attached hydrogens (tertiary/aromatic N) is 1. The Bertz CT molecular complexity index is 576. The highest BCUT2D eigenvalue weighted by molar-refractivity contribution is 5.98. The summed E-state index contributed by atoms with van der Waals surface area (Å²) in [6.07, 6.45) is 0. The first-order valence-corrected chi connectivity index (χ1v) is 8.23. The van der Waals surface area contributed by atoms with Crippen molar-refractivity contribution in [3.63, 3.8) is 0 Å². The zero-order valence-corrected chi connectivity index (χ0v) is 14.4. The highest BCUT2D eigenvalue weighted by Crippen LogP contribution is 2.39. The molecule has 0 aliphatic carbocycles. The van der Waals surface area contributed by atoms with Gasteiger partial charge in [0, 0.05) is 18.7 Å². The zero-order valence-electron chi connectivity index (χ0n) is 14.4. The average molecular weight is 336 g/mol. The summed E-state index contributed by atoms with van der Waals surface area (Å²) in [6, 6.07) is 3.29. The van der Waals surface area contributed by atoms with E-state index >= 15 is 0 Å². The molecule has 0 bridgehead atoms. The van der Waals surface area contributed by atoms with Gasteiger partial charge < -0.3 is 24.4 Å². The van der Waals surface area contributed by atoms with Gasteiger partial charge in [0.05, 0.1) is 26.4 Å². The highest BCUT2D eigenvalue weighted by Gasteiger charge is 2.25. The minimum Gasteiger partial charge on any atom is -0.490 e. The van der Waals surface area contributed by atoms with Gasteiger partial charge in [-0.25, -0.2) is 0 Å². The normalized spacial score (nSPS) is 14.1. The lowest BCUT2D eigenvalue weighted by atomic mass is 10.1. The van der Waals surface area contributed by atoms with E-state index in [4.69, 9.17) is 14.2 Å². The molecule has 0 atom stereocenters. The van der Waals surface area contributed by atoms with E-state index in [9.17, 15) is 9.59 Å². The predicted molar refractivity (Wildman–Crippen MR) is 88.9 cm³/mol. The molecule has 2 rings (SSSR count). The van der Waals surface area contributed by atoms with Crippen molar-refractivity contribution >= 4 is 11.8 Å². The summed E-state index contributed by atoms with van der Waals surface area (Å²) < 4.78 is 16.9. The molecule has 0 aromatic heterocycles. The summed E-state index contributed by atoms with van der Waals surface area (Å²) in [5, 5.41) is 2.71. The standard InChI is InChI=1S/C17H24N2O5/c1-4-22-13-9-12(10-14(23-5-2)16(13)24-6-3)17(21)19-8-7-18-15(20)11-19/h9-10H,4-8,11H2,1-3H3,(H,18,20). The predicted octanol–water partition coefficient (Wildman–Crippen LogP) is 1.45. The first-order valence-electron chi connectivity index (χ1n) is 8.23. The number of rotatable bonds is 7. The molecule has 7 heteroatoms. The Balaban J connectivity index is 2.37. The molecule has 1 aromatic carbocycles. The summed E-state index contributed by atoms with van der Waals surface area (Å²) in [5.74, 6) is 1.05. The summed E-state index contributed by atoms with van der Waals surface area (Å²) >= 11 is 0.